The summed E-state index contributed by atoms with van der Waals surface area (Å²) >= 11 is 0. The topological polar surface area (TPSA) is 93.7 Å². The average molecular weight is 419 g/mol. The van der Waals surface area contributed by atoms with E-state index in [2.05, 4.69) is 10.6 Å². The number of hydrogen-bond donors (Lipinski definition) is 2. The van der Waals surface area contributed by atoms with Crippen molar-refractivity contribution in [2.75, 3.05) is 13.2 Å². The lowest BCUT2D eigenvalue weighted by Crippen LogP contribution is -2.46. The van der Waals surface area contributed by atoms with Gasteiger partial charge in [-0.1, -0.05) is 39.5 Å². The Morgan fingerprint density at radius 1 is 1.03 bits per heavy atom. The number of nitrogens with one attached hydrogen (secondary N) is 2. The van der Waals surface area contributed by atoms with Gasteiger partial charge < -0.3 is 20.1 Å². The average Bonchev–Trinajstić information content (AvgIpc) is 2.99. The summed E-state index contributed by atoms with van der Waals surface area (Å²) in [6.45, 7) is 5.72. The Balaban J connectivity index is 1.85. The molecule has 0 spiro atoms. The summed E-state index contributed by atoms with van der Waals surface area (Å²) in [7, 11) is 0. The van der Waals surface area contributed by atoms with Gasteiger partial charge in [0.2, 0.25) is 0 Å². The smallest absolute Gasteiger partial charge is 0.329 e. The van der Waals surface area contributed by atoms with Crippen LogP contribution in [0.3, 0.4) is 0 Å². The zero-order valence-electron chi connectivity index (χ0n) is 18.2. The highest BCUT2D eigenvalue weighted by atomic mass is 16.5. The molecule has 0 saturated heterocycles. The minimum atomic E-state index is -0.838. The molecule has 1 aliphatic carbocycles. The fourth-order valence-corrected chi connectivity index (χ4v) is 3.51. The number of carbonyl (C=O) groups excluding carboxylic acids is 3. The summed E-state index contributed by atoms with van der Waals surface area (Å²) in [5.74, 6) is -0.796. The quantitative estimate of drug-likeness (QED) is 0.474. The number of amides is 2. The maximum atomic E-state index is 12.5. The Morgan fingerprint density at radius 3 is 2.23 bits per heavy atom. The van der Waals surface area contributed by atoms with Gasteiger partial charge in [0.25, 0.3) is 11.8 Å². The molecule has 0 aliphatic heterocycles. The minimum Gasteiger partial charge on any atom is -0.494 e. The summed E-state index contributed by atoms with van der Waals surface area (Å²) in [6.07, 6.45) is 6.55. The number of rotatable bonds is 9. The van der Waals surface area contributed by atoms with E-state index in [4.69, 9.17) is 9.47 Å². The van der Waals surface area contributed by atoms with E-state index in [1.54, 1.807) is 24.3 Å². The fraction of sp³-hybridized carbons (Fsp3) is 0.609. The first-order valence-electron chi connectivity index (χ1n) is 10.9. The molecule has 1 atom stereocenters. The summed E-state index contributed by atoms with van der Waals surface area (Å²) in [5, 5.41) is 5.66. The molecule has 7 nitrogen and oxygen atoms in total. The Hall–Kier alpha value is -2.57. The largest absolute Gasteiger partial charge is 0.494 e. The lowest BCUT2D eigenvalue weighted by molar-refractivity contribution is -0.151. The van der Waals surface area contributed by atoms with Crippen LogP contribution in [0.2, 0.25) is 0 Å². The van der Waals surface area contributed by atoms with Crippen molar-refractivity contribution in [3.8, 4) is 5.75 Å². The van der Waals surface area contributed by atoms with Crippen LogP contribution in [0.4, 0.5) is 0 Å². The first kappa shape index (κ1) is 23.7. The second kappa shape index (κ2) is 12.2. The van der Waals surface area contributed by atoms with E-state index in [0.717, 1.165) is 25.7 Å². The third-order valence-electron chi connectivity index (χ3n) is 5.20. The Labute approximate surface area is 178 Å². The SMILES string of the molecule is CCOc1ccc(C(=O)NC(C(=O)OCC(=O)NC2CCCCCC2)C(C)C)cc1. The number of ether oxygens (including phenoxy) is 2. The lowest BCUT2D eigenvalue weighted by atomic mass is 10.0. The van der Waals surface area contributed by atoms with Crippen LogP contribution < -0.4 is 15.4 Å². The second-order valence-electron chi connectivity index (χ2n) is 8.02. The van der Waals surface area contributed by atoms with Crippen molar-refractivity contribution < 1.29 is 23.9 Å². The van der Waals surface area contributed by atoms with Gasteiger partial charge in [-0.05, 0) is 49.9 Å². The van der Waals surface area contributed by atoms with Crippen LogP contribution in [0.15, 0.2) is 24.3 Å². The van der Waals surface area contributed by atoms with Gasteiger partial charge in [0.15, 0.2) is 6.61 Å². The number of carbonyl (C=O) groups is 3. The Kier molecular flexibility index (Phi) is 9.64. The molecule has 1 aromatic rings. The van der Waals surface area contributed by atoms with Crippen molar-refractivity contribution in [3.63, 3.8) is 0 Å². The summed E-state index contributed by atoms with van der Waals surface area (Å²) in [5.41, 5.74) is 0.419. The molecule has 1 aliphatic rings. The molecule has 1 fully saturated rings. The van der Waals surface area contributed by atoms with Crippen LogP contribution >= 0.6 is 0 Å². The van der Waals surface area contributed by atoms with E-state index >= 15 is 0 Å². The minimum absolute atomic E-state index is 0.152. The molecule has 166 valence electrons. The molecule has 0 aromatic heterocycles. The van der Waals surface area contributed by atoms with Gasteiger partial charge >= 0.3 is 5.97 Å². The van der Waals surface area contributed by atoms with Gasteiger partial charge in [0, 0.05) is 11.6 Å². The zero-order chi connectivity index (χ0) is 21.9. The maximum Gasteiger partial charge on any atom is 0.329 e. The molecule has 0 bridgehead atoms. The predicted molar refractivity (Wildman–Crippen MR) is 114 cm³/mol. The molecule has 7 heteroatoms. The van der Waals surface area contributed by atoms with Crippen molar-refractivity contribution >= 4 is 17.8 Å². The van der Waals surface area contributed by atoms with Crippen LogP contribution in [0.1, 0.15) is 69.7 Å². The van der Waals surface area contributed by atoms with Gasteiger partial charge in [-0.3, -0.25) is 9.59 Å². The molecule has 2 rings (SSSR count). The van der Waals surface area contributed by atoms with E-state index < -0.39 is 12.0 Å². The fourth-order valence-electron chi connectivity index (χ4n) is 3.51. The van der Waals surface area contributed by atoms with Crippen molar-refractivity contribution in [1.29, 1.82) is 0 Å². The van der Waals surface area contributed by atoms with Crippen molar-refractivity contribution in [3.05, 3.63) is 29.8 Å². The van der Waals surface area contributed by atoms with Gasteiger partial charge in [0.1, 0.15) is 11.8 Å². The van der Waals surface area contributed by atoms with Crippen LogP contribution in [0.5, 0.6) is 5.75 Å². The van der Waals surface area contributed by atoms with Crippen molar-refractivity contribution in [2.24, 2.45) is 5.92 Å². The molecular weight excluding hydrogens is 384 g/mol. The number of esters is 1. The molecule has 0 radical (unpaired) electrons. The first-order valence-corrected chi connectivity index (χ1v) is 10.9. The lowest BCUT2D eigenvalue weighted by Gasteiger charge is -2.21. The van der Waals surface area contributed by atoms with E-state index in [-0.39, 0.29) is 30.4 Å². The second-order valence-corrected chi connectivity index (χ2v) is 8.02. The first-order chi connectivity index (χ1) is 14.4. The number of benzene rings is 1. The molecule has 0 heterocycles. The van der Waals surface area contributed by atoms with Gasteiger partial charge in [-0.25, -0.2) is 4.79 Å². The maximum absolute atomic E-state index is 12.5. The summed E-state index contributed by atoms with van der Waals surface area (Å²) < 4.78 is 10.6. The van der Waals surface area contributed by atoms with Crippen LogP contribution in [-0.4, -0.2) is 43.1 Å². The van der Waals surface area contributed by atoms with Crippen molar-refractivity contribution in [1.82, 2.24) is 10.6 Å². The van der Waals surface area contributed by atoms with Gasteiger partial charge in [0.05, 0.1) is 6.61 Å². The van der Waals surface area contributed by atoms with E-state index in [9.17, 15) is 14.4 Å². The van der Waals surface area contributed by atoms with Crippen molar-refractivity contribution in [2.45, 2.75) is 71.4 Å². The molecule has 2 N–H and O–H groups in total. The van der Waals surface area contributed by atoms with Crippen LogP contribution in [0, 0.1) is 5.92 Å². The molecule has 1 unspecified atom stereocenters. The van der Waals surface area contributed by atoms with Crippen LogP contribution in [-0.2, 0) is 14.3 Å². The monoisotopic (exact) mass is 418 g/mol. The number of hydrogen-bond acceptors (Lipinski definition) is 5. The molecule has 30 heavy (non-hydrogen) atoms. The molecule has 1 saturated carbocycles. The van der Waals surface area contributed by atoms with E-state index in [1.165, 1.54) is 12.8 Å². The molecule has 2 amide bonds. The molecular formula is C23H34N2O5. The van der Waals surface area contributed by atoms with Crippen LogP contribution in [0.25, 0.3) is 0 Å². The standard InChI is InChI=1S/C23H34N2O5/c1-4-29-19-13-11-17(12-14-19)22(27)25-21(16(2)3)23(28)30-15-20(26)24-18-9-7-5-6-8-10-18/h11-14,16,18,21H,4-10,15H2,1-3H3,(H,24,26)(H,25,27). The van der Waals surface area contributed by atoms with Gasteiger partial charge in [-0.15, -0.1) is 0 Å². The Morgan fingerprint density at radius 2 is 1.67 bits per heavy atom. The zero-order valence-corrected chi connectivity index (χ0v) is 18.2. The highest BCUT2D eigenvalue weighted by molar-refractivity contribution is 5.97. The summed E-state index contributed by atoms with van der Waals surface area (Å²) in [4.78, 5) is 37.2. The normalized spacial score (nSPS) is 15.7. The van der Waals surface area contributed by atoms with E-state index in [0.29, 0.717) is 17.9 Å². The highest BCUT2D eigenvalue weighted by Crippen LogP contribution is 2.17. The molecule has 1 aromatic carbocycles. The van der Waals surface area contributed by atoms with Gasteiger partial charge in [-0.2, -0.15) is 0 Å². The third kappa shape index (κ3) is 7.69. The predicted octanol–water partition coefficient (Wildman–Crippen LogP) is 3.22. The highest BCUT2D eigenvalue weighted by Gasteiger charge is 2.27. The Bertz CT molecular complexity index is 694. The third-order valence-corrected chi connectivity index (χ3v) is 5.20. The van der Waals surface area contributed by atoms with E-state index in [1.807, 2.05) is 20.8 Å². The summed E-state index contributed by atoms with van der Waals surface area (Å²) in [6, 6.07) is 6.01.